The van der Waals surface area contributed by atoms with Gasteiger partial charge in [-0.2, -0.15) is 4.98 Å². The summed E-state index contributed by atoms with van der Waals surface area (Å²) in [5.41, 5.74) is 7.16. The zero-order valence-electron chi connectivity index (χ0n) is 10.3. The maximum Gasteiger partial charge on any atom is 0.222 e. The van der Waals surface area contributed by atoms with Crippen molar-refractivity contribution in [1.29, 1.82) is 0 Å². The Hall–Kier alpha value is -2.04. The van der Waals surface area contributed by atoms with Gasteiger partial charge in [-0.05, 0) is 24.3 Å². The highest BCUT2D eigenvalue weighted by atomic mass is 35.5. The molecule has 4 nitrogen and oxygen atoms in total. The van der Waals surface area contributed by atoms with Gasteiger partial charge in [0.1, 0.15) is 5.82 Å². The Labute approximate surface area is 125 Å². The van der Waals surface area contributed by atoms with Crippen molar-refractivity contribution in [3.63, 3.8) is 0 Å². The predicted octanol–water partition coefficient (Wildman–Crippen LogP) is 4.26. The molecule has 0 bridgehead atoms. The average Bonchev–Trinajstić information content (AvgIpc) is 2.43. The summed E-state index contributed by atoms with van der Waals surface area (Å²) in [5.74, 6) is 0.793. The van der Waals surface area contributed by atoms with Gasteiger partial charge in [0, 0.05) is 5.39 Å². The van der Waals surface area contributed by atoms with E-state index in [1.807, 2.05) is 36.4 Å². The molecule has 0 aliphatic heterocycles. The van der Waals surface area contributed by atoms with Gasteiger partial charge in [-0.15, -0.1) is 0 Å². The first-order valence-corrected chi connectivity index (χ1v) is 6.64. The Balaban J connectivity index is 2.13. The molecule has 0 aliphatic carbocycles. The van der Waals surface area contributed by atoms with E-state index in [0.29, 0.717) is 21.6 Å². The second-order valence-electron chi connectivity index (χ2n) is 4.17. The molecular formula is C14H10Cl2N4. The molecule has 0 unspecified atom stereocenters. The van der Waals surface area contributed by atoms with Gasteiger partial charge in [-0.25, -0.2) is 4.98 Å². The lowest BCUT2D eigenvalue weighted by atomic mass is 10.2. The Bertz CT molecular complexity index is 789. The summed E-state index contributed by atoms with van der Waals surface area (Å²) in [6.07, 6.45) is 0. The number of hydrogen-bond acceptors (Lipinski definition) is 4. The minimum atomic E-state index is 0.198. The van der Waals surface area contributed by atoms with E-state index in [0.717, 1.165) is 10.9 Å². The van der Waals surface area contributed by atoms with Crippen LogP contribution in [-0.4, -0.2) is 9.97 Å². The van der Waals surface area contributed by atoms with Crippen molar-refractivity contribution < 1.29 is 0 Å². The molecule has 2 aromatic carbocycles. The monoisotopic (exact) mass is 304 g/mol. The fourth-order valence-corrected chi connectivity index (χ4v) is 2.27. The topological polar surface area (TPSA) is 63.8 Å². The second-order valence-corrected chi connectivity index (χ2v) is 4.96. The number of nitrogens with one attached hydrogen (secondary N) is 1. The van der Waals surface area contributed by atoms with Gasteiger partial charge < -0.3 is 11.1 Å². The minimum absolute atomic E-state index is 0.198. The third-order valence-electron chi connectivity index (χ3n) is 2.83. The molecule has 0 saturated carbocycles. The first-order valence-electron chi connectivity index (χ1n) is 5.88. The Morgan fingerprint density at radius 2 is 1.75 bits per heavy atom. The van der Waals surface area contributed by atoms with Crippen LogP contribution in [0.2, 0.25) is 10.0 Å². The van der Waals surface area contributed by atoms with Crippen LogP contribution in [0.3, 0.4) is 0 Å². The summed E-state index contributed by atoms with van der Waals surface area (Å²) < 4.78 is 0. The van der Waals surface area contributed by atoms with Crippen LogP contribution < -0.4 is 11.1 Å². The van der Waals surface area contributed by atoms with Crippen molar-refractivity contribution in [3.05, 3.63) is 52.5 Å². The summed E-state index contributed by atoms with van der Waals surface area (Å²) in [4.78, 5) is 8.41. The summed E-state index contributed by atoms with van der Waals surface area (Å²) in [6, 6.07) is 12.9. The predicted molar refractivity (Wildman–Crippen MR) is 83.7 cm³/mol. The molecule has 1 heterocycles. The molecule has 20 heavy (non-hydrogen) atoms. The Morgan fingerprint density at radius 3 is 2.60 bits per heavy atom. The number of halogens is 2. The van der Waals surface area contributed by atoms with Crippen molar-refractivity contribution in [1.82, 2.24) is 9.97 Å². The van der Waals surface area contributed by atoms with Crippen LogP contribution in [0.5, 0.6) is 0 Å². The normalized spacial score (nSPS) is 10.7. The highest BCUT2D eigenvalue weighted by Crippen LogP contribution is 2.33. The molecule has 0 amide bonds. The number of nitrogens with zero attached hydrogens (tertiary/aromatic N) is 2. The number of nitrogens with two attached hydrogens (primary N) is 1. The van der Waals surface area contributed by atoms with Crippen LogP contribution in [0.1, 0.15) is 0 Å². The van der Waals surface area contributed by atoms with Gasteiger partial charge in [-0.1, -0.05) is 41.4 Å². The second kappa shape index (κ2) is 5.15. The zero-order valence-corrected chi connectivity index (χ0v) is 11.8. The average molecular weight is 305 g/mol. The highest BCUT2D eigenvalue weighted by molar-refractivity contribution is 6.43. The van der Waals surface area contributed by atoms with E-state index < -0.39 is 0 Å². The van der Waals surface area contributed by atoms with Gasteiger partial charge in [-0.3, -0.25) is 0 Å². The van der Waals surface area contributed by atoms with Crippen LogP contribution in [0, 0.1) is 0 Å². The number of rotatable bonds is 2. The summed E-state index contributed by atoms with van der Waals surface area (Å²) in [5, 5.41) is 4.92. The first kappa shape index (κ1) is 13.0. The fourth-order valence-electron chi connectivity index (χ4n) is 1.92. The molecule has 100 valence electrons. The molecule has 3 N–H and O–H groups in total. The Morgan fingerprint density at radius 1 is 0.950 bits per heavy atom. The van der Waals surface area contributed by atoms with Gasteiger partial charge in [0.05, 0.1) is 21.2 Å². The molecule has 3 aromatic rings. The van der Waals surface area contributed by atoms with Gasteiger partial charge in [0.2, 0.25) is 5.95 Å². The molecule has 1 aromatic heterocycles. The number of hydrogen-bond donors (Lipinski definition) is 2. The minimum Gasteiger partial charge on any atom is -0.368 e. The molecule has 3 rings (SSSR count). The molecular weight excluding hydrogens is 295 g/mol. The standard InChI is InChI=1S/C14H10Cl2N4/c15-9-5-3-7-11(12(9)16)18-13-8-4-1-2-6-10(8)19-14(17)20-13/h1-7H,(H3,17,18,19,20). The summed E-state index contributed by atoms with van der Waals surface area (Å²) >= 11 is 12.2. The number of benzene rings is 2. The quantitative estimate of drug-likeness (QED) is 0.742. The van der Waals surface area contributed by atoms with Crippen LogP contribution in [-0.2, 0) is 0 Å². The molecule has 0 aliphatic rings. The lowest BCUT2D eigenvalue weighted by molar-refractivity contribution is 1.23. The van der Waals surface area contributed by atoms with Crippen LogP contribution >= 0.6 is 23.2 Å². The van der Waals surface area contributed by atoms with E-state index in [-0.39, 0.29) is 5.95 Å². The van der Waals surface area contributed by atoms with Crippen molar-refractivity contribution in [2.24, 2.45) is 0 Å². The molecule has 0 spiro atoms. The van der Waals surface area contributed by atoms with E-state index in [9.17, 15) is 0 Å². The fraction of sp³-hybridized carbons (Fsp3) is 0. The number of para-hydroxylation sites is 1. The third-order valence-corrected chi connectivity index (χ3v) is 3.64. The number of anilines is 3. The van der Waals surface area contributed by atoms with Crippen molar-refractivity contribution in [2.75, 3.05) is 11.1 Å². The maximum absolute atomic E-state index is 6.16. The summed E-state index contributed by atoms with van der Waals surface area (Å²) in [7, 11) is 0. The number of fused-ring (bicyclic) bond motifs is 1. The first-order chi connectivity index (χ1) is 9.65. The highest BCUT2D eigenvalue weighted by Gasteiger charge is 2.09. The molecule has 0 fully saturated rings. The summed E-state index contributed by atoms with van der Waals surface area (Å²) in [6.45, 7) is 0. The van der Waals surface area contributed by atoms with Gasteiger partial charge in [0.15, 0.2) is 0 Å². The van der Waals surface area contributed by atoms with E-state index in [1.165, 1.54) is 0 Å². The third kappa shape index (κ3) is 2.35. The molecule has 6 heteroatoms. The SMILES string of the molecule is Nc1nc(Nc2cccc(Cl)c2Cl)c2ccccc2n1. The molecule has 0 radical (unpaired) electrons. The van der Waals surface area contributed by atoms with Crippen LogP contribution in [0.4, 0.5) is 17.5 Å². The Kier molecular flexibility index (Phi) is 3.34. The maximum atomic E-state index is 6.16. The van der Waals surface area contributed by atoms with Gasteiger partial charge >= 0.3 is 0 Å². The smallest absolute Gasteiger partial charge is 0.222 e. The van der Waals surface area contributed by atoms with E-state index in [1.54, 1.807) is 6.07 Å². The van der Waals surface area contributed by atoms with Crippen LogP contribution in [0.15, 0.2) is 42.5 Å². The van der Waals surface area contributed by atoms with Crippen molar-refractivity contribution in [3.8, 4) is 0 Å². The lowest BCUT2D eigenvalue weighted by Crippen LogP contribution is -2.01. The van der Waals surface area contributed by atoms with E-state index in [4.69, 9.17) is 28.9 Å². The van der Waals surface area contributed by atoms with E-state index >= 15 is 0 Å². The zero-order chi connectivity index (χ0) is 14.1. The molecule has 0 saturated heterocycles. The van der Waals surface area contributed by atoms with Crippen molar-refractivity contribution in [2.45, 2.75) is 0 Å². The van der Waals surface area contributed by atoms with Crippen LogP contribution in [0.25, 0.3) is 10.9 Å². The number of nitrogen functional groups attached to an aromatic ring is 1. The largest absolute Gasteiger partial charge is 0.368 e. The molecule has 0 atom stereocenters. The number of aromatic nitrogens is 2. The lowest BCUT2D eigenvalue weighted by Gasteiger charge is -2.11. The van der Waals surface area contributed by atoms with Gasteiger partial charge in [0.25, 0.3) is 0 Å². The van der Waals surface area contributed by atoms with E-state index in [2.05, 4.69) is 15.3 Å². The van der Waals surface area contributed by atoms with Crippen molar-refractivity contribution >= 4 is 51.6 Å².